The van der Waals surface area contributed by atoms with Gasteiger partial charge < -0.3 is 10.6 Å². The molecule has 5 rings (SSSR count). The lowest BCUT2D eigenvalue weighted by Gasteiger charge is -2.35. The van der Waals surface area contributed by atoms with Crippen LogP contribution in [0.4, 0.5) is 5.69 Å². The summed E-state index contributed by atoms with van der Waals surface area (Å²) in [6.07, 6.45) is 1.88. The second-order valence-electron chi connectivity index (χ2n) is 9.62. The lowest BCUT2D eigenvalue weighted by Crippen LogP contribution is -2.44. The van der Waals surface area contributed by atoms with Gasteiger partial charge in [-0.3, -0.25) is 14.8 Å². The fourth-order valence-corrected chi connectivity index (χ4v) is 9.05. The van der Waals surface area contributed by atoms with E-state index in [2.05, 4.69) is 22.8 Å². The van der Waals surface area contributed by atoms with Crippen LogP contribution in [0.5, 0.6) is 0 Å². The van der Waals surface area contributed by atoms with Crippen LogP contribution >= 0.6 is 23.7 Å². The molecule has 3 heterocycles. The molecule has 202 valence electrons. The highest BCUT2D eigenvalue weighted by Gasteiger charge is 2.49. The fourth-order valence-electron chi connectivity index (χ4n) is 5.27. The lowest BCUT2D eigenvalue weighted by atomic mass is 9.94. The van der Waals surface area contributed by atoms with Gasteiger partial charge in [0.2, 0.25) is 11.8 Å². The molecule has 1 aromatic heterocycles. The minimum atomic E-state index is -3.60. The molecular formula is C27H30ClN3O5S2. The van der Waals surface area contributed by atoms with E-state index >= 15 is 0 Å². The maximum absolute atomic E-state index is 13.2. The first-order chi connectivity index (χ1) is 17.8. The van der Waals surface area contributed by atoms with Crippen molar-refractivity contribution >= 4 is 51.1 Å². The highest BCUT2D eigenvalue weighted by Crippen LogP contribution is 2.47. The molecule has 38 heavy (non-hydrogen) atoms. The zero-order valence-electron chi connectivity index (χ0n) is 20.6. The smallest absolute Gasteiger partial charge is 0.245 e. The summed E-state index contributed by atoms with van der Waals surface area (Å²) >= 11 is 1.33. The number of nitrogens with one attached hydrogen (secondary N) is 3. The van der Waals surface area contributed by atoms with E-state index in [1.54, 1.807) is 11.5 Å². The van der Waals surface area contributed by atoms with Crippen LogP contribution < -0.4 is 16.1 Å². The van der Waals surface area contributed by atoms with Gasteiger partial charge in [-0.1, -0.05) is 42.8 Å². The van der Waals surface area contributed by atoms with E-state index in [0.29, 0.717) is 42.8 Å². The highest BCUT2D eigenvalue weighted by molar-refractivity contribution is 7.92. The molecule has 3 aromatic rings. The van der Waals surface area contributed by atoms with Gasteiger partial charge in [0.05, 0.1) is 18.2 Å². The largest absolute Gasteiger partial charge is 0.325 e. The maximum Gasteiger partial charge on any atom is 0.245 e. The van der Waals surface area contributed by atoms with Crippen molar-refractivity contribution < 1.29 is 23.2 Å². The number of rotatable bonds is 6. The van der Waals surface area contributed by atoms with Crippen molar-refractivity contribution in [2.45, 2.75) is 49.4 Å². The normalized spacial score (nSPS) is 22.0. The summed E-state index contributed by atoms with van der Waals surface area (Å²) in [7, 11) is -3.60. The molecule has 0 bridgehead atoms. The first kappa shape index (κ1) is 28.3. The van der Waals surface area contributed by atoms with Crippen LogP contribution in [0.25, 0.3) is 10.4 Å². The predicted octanol–water partition coefficient (Wildman–Crippen LogP) is 4.18. The number of hydrogen-bond donors (Lipinski definition) is 4. The number of sulfone groups is 1. The second-order valence-corrected chi connectivity index (χ2v) is 13.1. The Morgan fingerprint density at radius 2 is 1.84 bits per heavy atom. The molecule has 2 aliphatic heterocycles. The number of thiophene rings is 1. The molecule has 0 unspecified atom stereocenters. The number of fused-ring (bicyclic) bond motifs is 1. The summed E-state index contributed by atoms with van der Waals surface area (Å²) < 4.78 is 25.0. The molecular weight excluding hydrogens is 546 g/mol. The zero-order chi connectivity index (χ0) is 26.0. The van der Waals surface area contributed by atoms with E-state index in [4.69, 9.17) is 5.21 Å². The SMILES string of the molecule is Cl.O=C(C[C@]1(c2ccc(-c3cccc(NC(=O)[C@@H]4Cc5ccccc5CN4)c3)s2)CCCCS1(=O)=O)NO. The van der Waals surface area contributed by atoms with Crippen LogP contribution in [0.1, 0.15) is 41.7 Å². The van der Waals surface area contributed by atoms with Crippen molar-refractivity contribution in [3.63, 3.8) is 0 Å². The molecule has 0 spiro atoms. The van der Waals surface area contributed by atoms with Gasteiger partial charge in [-0.2, -0.15) is 0 Å². The minimum Gasteiger partial charge on any atom is -0.325 e. The number of halogens is 1. The predicted molar refractivity (Wildman–Crippen MR) is 150 cm³/mol. The molecule has 2 aliphatic rings. The van der Waals surface area contributed by atoms with Crippen LogP contribution in [0.2, 0.25) is 0 Å². The van der Waals surface area contributed by atoms with Gasteiger partial charge in [0.15, 0.2) is 9.84 Å². The quantitative estimate of drug-likeness (QED) is 0.258. The van der Waals surface area contributed by atoms with Gasteiger partial charge in [0, 0.05) is 22.0 Å². The Hall–Kier alpha value is -2.76. The summed E-state index contributed by atoms with van der Waals surface area (Å²) in [5.41, 5.74) is 5.46. The third-order valence-corrected chi connectivity index (χ3v) is 11.3. The Labute approximate surface area is 232 Å². The van der Waals surface area contributed by atoms with E-state index in [1.807, 2.05) is 42.5 Å². The Morgan fingerprint density at radius 3 is 2.61 bits per heavy atom. The Bertz CT molecular complexity index is 1440. The molecule has 0 radical (unpaired) electrons. The van der Waals surface area contributed by atoms with Crippen LogP contribution in [-0.4, -0.2) is 37.2 Å². The van der Waals surface area contributed by atoms with Gasteiger partial charge in [0.1, 0.15) is 4.75 Å². The molecule has 8 nitrogen and oxygen atoms in total. The van der Waals surface area contributed by atoms with Crippen molar-refractivity contribution in [1.82, 2.24) is 10.8 Å². The van der Waals surface area contributed by atoms with Crippen LogP contribution in [0.15, 0.2) is 60.7 Å². The van der Waals surface area contributed by atoms with Crippen molar-refractivity contribution in [3.8, 4) is 10.4 Å². The Morgan fingerprint density at radius 1 is 1.05 bits per heavy atom. The standard InChI is InChI=1S/C27H29N3O5S2.ClH/c31-25(30-33)16-27(12-3-4-13-37(27,34)35)24-11-10-23(36-24)19-8-5-9-21(14-19)29-26(32)22-15-18-6-1-2-7-20(18)17-28-22;/h1-2,5-11,14,22,28,33H,3-4,12-13,15-17H2,(H,29,32)(H,30,31);1H/t22-,27-;/m0./s1. The average Bonchev–Trinajstić information content (AvgIpc) is 3.40. The average molecular weight is 576 g/mol. The van der Waals surface area contributed by atoms with Crippen molar-refractivity contribution in [3.05, 3.63) is 76.7 Å². The third-order valence-electron chi connectivity index (χ3n) is 7.28. The second kappa shape index (κ2) is 11.5. The summed E-state index contributed by atoms with van der Waals surface area (Å²) in [4.78, 5) is 26.5. The number of carbonyl (C=O) groups excluding carboxylic acids is 2. The maximum atomic E-state index is 13.2. The molecule has 1 saturated heterocycles. The molecule has 1 fully saturated rings. The first-order valence-electron chi connectivity index (χ1n) is 12.3. The van der Waals surface area contributed by atoms with Crippen LogP contribution in [0.3, 0.4) is 0 Å². The van der Waals surface area contributed by atoms with Crippen LogP contribution in [-0.2, 0) is 37.1 Å². The van der Waals surface area contributed by atoms with Crippen molar-refractivity contribution in [1.29, 1.82) is 0 Å². The van der Waals surface area contributed by atoms with Crippen LogP contribution in [0, 0.1) is 0 Å². The van der Waals surface area contributed by atoms with Gasteiger partial charge in [-0.25, -0.2) is 13.9 Å². The van der Waals surface area contributed by atoms with Crippen molar-refractivity contribution in [2.24, 2.45) is 0 Å². The fraction of sp³-hybridized carbons (Fsp3) is 0.333. The number of amides is 2. The number of hydrogen-bond acceptors (Lipinski definition) is 7. The molecule has 0 saturated carbocycles. The minimum absolute atomic E-state index is 0. The summed E-state index contributed by atoms with van der Waals surface area (Å²) in [6, 6.07) is 18.8. The molecule has 2 aromatic carbocycles. The first-order valence-corrected chi connectivity index (χ1v) is 14.8. The lowest BCUT2D eigenvalue weighted by molar-refractivity contribution is -0.130. The Balaban J connectivity index is 0.00000336. The summed E-state index contributed by atoms with van der Waals surface area (Å²) in [6.45, 7) is 0.644. The molecule has 0 aliphatic carbocycles. The van der Waals surface area contributed by atoms with E-state index in [9.17, 15) is 18.0 Å². The topological polar surface area (TPSA) is 125 Å². The zero-order valence-corrected chi connectivity index (χ0v) is 23.1. The monoisotopic (exact) mass is 575 g/mol. The van der Waals surface area contributed by atoms with Gasteiger partial charge in [-0.05, 0) is 60.2 Å². The molecule has 4 N–H and O–H groups in total. The Kier molecular flexibility index (Phi) is 8.59. The van der Waals surface area contributed by atoms with E-state index in [0.717, 1.165) is 10.4 Å². The summed E-state index contributed by atoms with van der Waals surface area (Å²) in [5.74, 6) is -0.815. The van der Waals surface area contributed by atoms with Gasteiger partial charge >= 0.3 is 0 Å². The number of benzene rings is 2. The van der Waals surface area contributed by atoms with E-state index in [1.165, 1.54) is 22.5 Å². The molecule has 2 atom stereocenters. The number of hydroxylamine groups is 1. The van der Waals surface area contributed by atoms with Gasteiger partial charge in [-0.15, -0.1) is 23.7 Å². The molecule has 2 amide bonds. The summed E-state index contributed by atoms with van der Waals surface area (Å²) in [5, 5.41) is 15.4. The molecule has 11 heteroatoms. The highest BCUT2D eigenvalue weighted by atomic mass is 35.5. The third kappa shape index (κ3) is 5.50. The number of carbonyl (C=O) groups is 2. The van der Waals surface area contributed by atoms with Crippen molar-refractivity contribution in [2.75, 3.05) is 11.1 Å². The van der Waals surface area contributed by atoms with E-state index in [-0.39, 0.29) is 36.5 Å². The van der Waals surface area contributed by atoms with Gasteiger partial charge in [0.25, 0.3) is 0 Å². The number of anilines is 1. The van der Waals surface area contributed by atoms with E-state index < -0.39 is 20.5 Å².